The number of phenols is 1. The second kappa shape index (κ2) is 6.17. The molecule has 1 rings (SSSR count). The van der Waals surface area contributed by atoms with Gasteiger partial charge in [-0.3, -0.25) is 0 Å². The largest absolute Gasteiger partial charge is 0.508 e. The van der Waals surface area contributed by atoms with E-state index >= 15 is 0 Å². The highest BCUT2D eigenvalue weighted by molar-refractivity contribution is 14.0. The summed E-state index contributed by atoms with van der Waals surface area (Å²) in [4.78, 5) is 0. The standard InChI is InChI=1S/C9H13NO2.HI/c10-8(6-11)5-7-1-3-9(12)4-2-7;/h1-4,8,11-12H,5-6,10H2;1H. The number of aromatic hydroxyl groups is 1. The van der Waals surface area contributed by atoms with Crippen LogP contribution in [0.4, 0.5) is 0 Å². The van der Waals surface area contributed by atoms with Gasteiger partial charge in [0.25, 0.3) is 0 Å². The molecule has 0 saturated heterocycles. The van der Waals surface area contributed by atoms with E-state index < -0.39 is 0 Å². The Bertz CT molecular complexity index is 238. The van der Waals surface area contributed by atoms with Crippen LogP contribution in [0, 0.1) is 0 Å². The van der Waals surface area contributed by atoms with E-state index in [0.29, 0.717) is 6.42 Å². The lowest BCUT2D eigenvalue weighted by Crippen LogP contribution is -2.26. The van der Waals surface area contributed by atoms with Crippen LogP contribution in [0.2, 0.25) is 0 Å². The number of phenolic OH excluding ortho intramolecular Hbond substituents is 1. The molecular formula is C9H14INO2. The summed E-state index contributed by atoms with van der Waals surface area (Å²) in [6.45, 7) is -0.0130. The molecule has 0 aliphatic heterocycles. The summed E-state index contributed by atoms with van der Waals surface area (Å²) in [5, 5.41) is 17.6. The minimum atomic E-state index is -0.213. The van der Waals surface area contributed by atoms with Gasteiger partial charge in [0.2, 0.25) is 0 Å². The van der Waals surface area contributed by atoms with Gasteiger partial charge >= 0.3 is 0 Å². The molecule has 0 fully saturated rings. The fourth-order valence-corrected chi connectivity index (χ4v) is 0.999. The van der Waals surface area contributed by atoms with Crippen LogP contribution in [0.5, 0.6) is 5.75 Å². The van der Waals surface area contributed by atoms with Crippen molar-refractivity contribution in [3.8, 4) is 5.75 Å². The molecule has 0 saturated carbocycles. The van der Waals surface area contributed by atoms with E-state index in [0.717, 1.165) is 5.56 Å². The van der Waals surface area contributed by atoms with Crippen LogP contribution in [0.25, 0.3) is 0 Å². The molecule has 1 aromatic rings. The molecule has 4 N–H and O–H groups in total. The van der Waals surface area contributed by atoms with Crippen LogP contribution < -0.4 is 5.73 Å². The van der Waals surface area contributed by atoms with Gasteiger partial charge < -0.3 is 15.9 Å². The third-order valence-corrected chi connectivity index (χ3v) is 1.67. The van der Waals surface area contributed by atoms with Crippen LogP contribution in [0.3, 0.4) is 0 Å². The van der Waals surface area contributed by atoms with Gasteiger partial charge in [0.05, 0.1) is 6.61 Å². The number of hydrogen-bond acceptors (Lipinski definition) is 3. The predicted molar refractivity (Wildman–Crippen MR) is 62.3 cm³/mol. The molecule has 1 aromatic carbocycles. The van der Waals surface area contributed by atoms with Crippen molar-refractivity contribution in [2.24, 2.45) is 5.73 Å². The van der Waals surface area contributed by atoms with Crippen LogP contribution >= 0.6 is 24.0 Å². The fraction of sp³-hybridized carbons (Fsp3) is 0.333. The molecule has 0 aromatic heterocycles. The summed E-state index contributed by atoms with van der Waals surface area (Å²) in [6, 6.07) is 6.60. The molecule has 13 heavy (non-hydrogen) atoms. The van der Waals surface area contributed by atoms with Gasteiger partial charge in [-0.25, -0.2) is 0 Å². The second-order valence-corrected chi connectivity index (χ2v) is 2.81. The molecule has 0 radical (unpaired) electrons. The molecule has 0 amide bonds. The van der Waals surface area contributed by atoms with Gasteiger partial charge in [-0.15, -0.1) is 24.0 Å². The Morgan fingerprint density at radius 1 is 1.23 bits per heavy atom. The van der Waals surface area contributed by atoms with Crippen LogP contribution in [0.15, 0.2) is 24.3 Å². The van der Waals surface area contributed by atoms with Crippen molar-refractivity contribution in [3.05, 3.63) is 29.8 Å². The first-order valence-corrected chi connectivity index (χ1v) is 3.86. The van der Waals surface area contributed by atoms with E-state index in [2.05, 4.69) is 0 Å². The molecular weight excluding hydrogens is 281 g/mol. The average molecular weight is 295 g/mol. The molecule has 4 heteroatoms. The van der Waals surface area contributed by atoms with E-state index in [1.165, 1.54) is 0 Å². The average Bonchev–Trinajstić information content (AvgIpc) is 2.09. The summed E-state index contributed by atoms with van der Waals surface area (Å²) in [7, 11) is 0. The number of rotatable bonds is 3. The molecule has 3 nitrogen and oxygen atoms in total. The Labute approximate surface area is 94.6 Å². The number of nitrogens with two attached hydrogens (primary N) is 1. The third-order valence-electron chi connectivity index (χ3n) is 1.67. The SMILES string of the molecule is I.NC(CO)Cc1ccc(O)cc1. The normalized spacial score (nSPS) is 11.8. The summed E-state index contributed by atoms with van der Waals surface area (Å²) in [6.07, 6.45) is 0.636. The van der Waals surface area contributed by atoms with Gasteiger partial charge in [0, 0.05) is 6.04 Å². The van der Waals surface area contributed by atoms with Crippen molar-refractivity contribution < 1.29 is 10.2 Å². The quantitative estimate of drug-likeness (QED) is 0.725. The van der Waals surface area contributed by atoms with Crippen molar-refractivity contribution in [2.75, 3.05) is 6.61 Å². The first-order valence-electron chi connectivity index (χ1n) is 3.86. The minimum absolute atomic E-state index is 0. The zero-order valence-corrected chi connectivity index (χ0v) is 9.51. The van der Waals surface area contributed by atoms with E-state index in [4.69, 9.17) is 15.9 Å². The maximum atomic E-state index is 8.97. The number of halogens is 1. The number of aliphatic hydroxyl groups is 1. The first-order chi connectivity index (χ1) is 5.72. The van der Waals surface area contributed by atoms with Crippen molar-refractivity contribution >= 4 is 24.0 Å². The number of aliphatic hydroxyl groups excluding tert-OH is 1. The van der Waals surface area contributed by atoms with Crippen molar-refractivity contribution in [1.82, 2.24) is 0 Å². The Morgan fingerprint density at radius 3 is 2.23 bits per heavy atom. The highest BCUT2D eigenvalue weighted by Gasteiger charge is 2.01. The van der Waals surface area contributed by atoms with Gasteiger partial charge in [0.15, 0.2) is 0 Å². The van der Waals surface area contributed by atoms with Crippen molar-refractivity contribution in [1.29, 1.82) is 0 Å². The second-order valence-electron chi connectivity index (χ2n) is 2.81. The lowest BCUT2D eigenvalue weighted by molar-refractivity contribution is 0.265. The maximum Gasteiger partial charge on any atom is 0.115 e. The Balaban J connectivity index is 0.00000144. The smallest absolute Gasteiger partial charge is 0.115 e. The zero-order chi connectivity index (χ0) is 8.97. The van der Waals surface area contributed by atoms with Gasteiger partial charge in [-0.2, -0.15) is 0 Å². The van der Waals surface area contributed by atoms with E-state index in [-0.39, 0.29) is 42.4 Å². The lowest BCUT2D eigenvalue weighted by atomic mass is 10.1. The Morgan fingerprint density at radius 2 is 1.77 bits per heavy atom. The Hall–Kier alpha value is -0.330. The molecule has 0 aliphatic rings. The lowest BCUT2D eigenvalue weighted by Gasteiger charge is -2.07. The predicted octanol–water partition coefficient (Wildman–Crippen LogP) is 0.872. The summed E-state index contributed by atoms with van der Waals surface area (Å²) < 4.78 is 0. The minimum Gasteiger partial charge on any atom is -0.508 e. The van der Waals surface area contributed by atoms with E-state index in [9.17, 15) is 0 Å². The van der Waals surface area contributed by atoms with Crippen LogP contribution in [-0.2, 0) is 6.42 Å². The molecule has 1 unspecified atom stereocenters. The van der Waals surface area contributed by atoms with Crippen molar-refractivity contribution in [3.63, 3.8) is 0 Å². The summed E-state index contributed by atoms with van der Waals surface area (Å²) in [5.74, 6) is 0.247. The molecule has 0 aliphatic carbocycles. The third kappa shape index (κ3) is 4.44. The summed E-state index contributed by atoms with van der Waals surface area (Å²) in [5.41, 5.74) is 6.55. The molecule has 0 bridgehead atoms. The molecule has 0 heterocycles. The fourth-order valence-electron chi connectivity index (χ4n) is 0.999. The van der Waals surface area contributed by atoms with Gasteiger partial charge in [-0.1, -0.05) is 12.1 Å². The highest BCUT2D eigenvalue weighted by Crippen LogP contribution is 2.10. The first kappa shape index (κ1) is 12.7. The maximum absolute atomic E-state index is 8.97. The zero-order valence-electron chi connectivity index (χ0n) is 7.18. The van der Waals surface area contributed by atoms with Crippen LogP contribution in [-0.4, -0.2) is 22.9 Å². The Kier molecular flexibility index (Phi) is 6.02. The summed E-state index contributed by atoms with van der Waals surface area (Å²) >= 11 is 0. The van der Waals surface area contributed by atoms with Gasteiger partial charge in [-0.05, 0) is 24.1 Å². The molecule has 0 spiro atoms. The number of benzene rings is 1. The van der Waals surface area contributed by atoms with Crippen molar-refractivity contribution in [2.45, 2.75) is 12.5 Å². The molecule has 1 atom stereocenters. The van der Waals surface area contributed by atoms with E-state index in [1.807, 2.05) is 0 Å². The topological polar surface area (TPSA) is 66.5 Å². The van der Waals surface area contributed by atoms with E-state index in [1.54, 1.807) is 24.3 Å². The van der Waals surface area contributed by atoms with Gasteiger partial charge in [0.1, 0.15) is 5.75 Å². The van der Waals surface area contributed by atoms with Crippen LogP contribution in [0.1, 0.15) is 5.56 Å². The molecule has 74 valence electrons. The number of hydrogen-bond donors (Lipinski definition) is 3. The monoisotopic (exact) mass is 295 g/mol. The highest BCUT2D eigenvalue weighted by atomic mass is 127.